The number of aryl methyl sites for hydroxylation is 1. The van der Waals surface area contributed by atoms with Gasteiger partial charge in [0.15, 0.2) is 0 Å². The first kappa shape index (κ1) is 20.5. The van der Waals surface area contributed by atoms with E-state index in [1.807, 2.05) is 24.4 Å². The van der Waals surface area contributed by atoms with Gasteiger partial charge in [-0.15, -0.1) is 0 Å². The molecule has 6 nitrogen and oxygen atoms in total. The molecule has 30 heavy (non-hydrogen) atoms. The number of rotatable bonds is 6. The van der Waals surface area contributed by atoms with Crippen molar-refractivity contribution in [2.24, 2.45) is 5.92 Å². The van der Waals surface area contributed by atoms with Crippen LogP contribution >= 0.6 is 0 Å². The Bertz CT molecular complexity index is 861. The Morgan fingerprint density at radius 2 is 1.90 bits per heavy atom. The first-order chi connectivity index (χ1) is 14.6. The minimum absolute atomic E-state index is 0.0155. The topological polar surface area (TPSA) is 65.5 Å². The molecule has 0 saturated carbocycles. The number of likely N-dealkylation sites (tertiary alicyclic amines) is 1. The van der Waals surface area contributed by atoms with Crippen molar-refractivity contribution in [2.45, 2.75) is 45.2 Å². The average molecular weight is 407 g/mol. The van der Waals surface area contributed by atoms with E-state index < -0.39 is 0 Å². The van der Waals surface area contributed by atoms with Crippen molar-refractivity contribution < 1.29 is 9.59 Å². The Hall–Kier alpha value is -2.73. The molecule has 0 spiro atoms. The van der Waals surface area contributed by atoms with Crippen molar-refractivity contribution in [3.8, 4) is 0 Å². The Morgan fingerprint density at radius 1 is 1.13 bits per heavy atom. The van der Waals surface area contributed by atoms with E-state index in [1.165, 1.54) is 11.1 Å². The predicted molar refractivity (Wildman–Crippen MR) is 117 cm³/mol. The molecule has 4 rings (SSSR count). The molecule has 2 aliphatic heterocycles. The maximum Gasteiger partial charge on any atom is 0.227 e. The highest BCUT2D eigenvalue weighted by atomic mass is 16.2. The molecule has 2 aromatic rings. The summed E-state index contributed by atoms with van der Waals surface area (Å²) in [6.07, 6.45) is 6.85. The van der Waals surface area contributed by atoms with E-state index in [9.17, 15) is 9.59 Å². The molecular formula is C24H30N4O2. The van der Waals surface area contributed by atoms with Gasteiger partial charge >= 0.3 is 0 Å². The molecule has 1 N–H and O–H groups in total. The number of anilines is 1. The van der Waals surface area contributed by atoms with Gasteiger partial charge in [0.2, 0.25) is 11.8 Å². The number of benzene rings is 1. The Morgan fingerprint density at radius 3 is 2.57 bits per heavy atom. The Labute approximate surface area is 178 Å². The highest BCUT2D eigenvalue weighted by molar-refractivity contribution is 6.00. The first-order valence-electron chi connectivity index (χ1n) is 10.9. The van der Waals surface area contributed by atoms with E-state index in [4.69, 9.17) is 0 Å². The lowest BCUT2D eigenvalue weighted by atomic mass is 10.0. The van der Waals surface area contributed by atoms with E-state index in [2.05, 4.69) is 40.3 Å². The summed E-state index contributed by atoms with van der Waals surface area (Å²) in [5, 5.41) is 3.20. The van der Waals surface area contributed by atoms with Gasteiger partial charge in [0.25, 0.3) is 0 Å². The molecule has 3 heterocycles. The lowest BCUT2D eigenvalue weighted by Crippen LogP contribution is -2.46. The summed E-state index contributed by atoms with van der Waals surface area (Å²) in [5.41, 5.74) is 3.35. The monoisotopic (exact) mass is 406 g/mol. The molecule has 1 aromatic carbocycles. The number of aromatic nitrogens is 1. The second-order valence-electron chi connectivity index (χ2n) is 8.35. The van der Waals surface area contributed by atoms with Crippen molar-refractivity contribution in [2.75, 3.05) is 24.5 Å². The van der Waals surface area contributed by atoms with Crippen molar-refractivity contribution in [3.63, 3.8) is 0 Å². The third kappa shape index (κ3) is 4.87. The van der Waals surface area contributed by atoms with Crippen LogP contribution in [0.4, 0.5) is 5.69 Å². The van der Waals surface area contributed by atoms with Crippen LogP contribution in [-0.4, -0.2) is 47.4 Å². The zero-order valence-corrected chi connectivity index (χ0v) is 17.6. The smallest absolute Gasteiger partial charge is 0.227 e. The van der Waals surface area contributed by atoms with Crippen molar-refractivity contribution in [3.05, 3.63) is 59.9 Å². The fourth-order valence-corrected chi connectivity index (χ4v) is 4.35. The molecule has 158 valence electrons. The van der Waals surface area contributed by atoms with Gasteiger partial charge in [-0.2, -0.15) is 0 Å². The van der Waals surface area contributed by atoms with Gasteiger partial charge in [0.05, 0.1) is 5.92 Å². The van der Waals surface area contributed by atoms with E-state index >= 15 is 0 Å². The van der Waals surface area contributed by atoms with Gasteiger partial charge in [-0.3, -0.25) is 19.5 Å². The van der Waals surface area contributed by atoms with Crippen LogP contribution in [0.2, 0.25) is 0 Å². The zero-order valence-electron chi connectivity index (χ0n) is 17.6. The number of piperidine rings is 1. The molecule has 2 fully saturated rings. The van der Waals surface area contributed by atoms with Gasteiger partial charge in [-0.25, -0.2) is 0 Å². The maximum atomic E-state index is 12.8. The Balaban J connectivity index is 1.26. The van der Waals surface area contributed by atoms with Crippen LogP contribution in [0.1, 0.15) is 37.3 Å². The summed E-state index contributed by atoms with van der Waals surface area (Å²) in [5.74, 6) is -0.218. The minimum atomic E-state index is -0.267. The van der Waals surface area contributed by atoms with Crippen molar-refractivity contribution in [1.82, 2.24) is 15.2 Å². The number of nitrogens with one attached hydrogen (secondary N) is 1. The van der Waals surface area contributed by atoms with E-state index in [0.29, 0.717) is 13.0 Å². The molecule has 2 aliphatic rings. The zero-order chi connectivity index (χ0) is 20.9. The highest BCUT2D eigenvalue weighted by Crippen LogP contribution is 2.26. The molecular weight excluding hydrogens is 376 g/mol. The fraction of sp³-hybridized carbons (Fsp3) is 0.458. The first-order valence-corrected chi connectivity index (χ1v) is 10.9. The SMILES string of the molecule is CCc1ccc(N2C[C@H](C(=O)NC3CCN(Cc4cccnc4)CC3)CC2=O)cc1. The van der Waals surface area contributed by atoms with Gasteiger partial charge < -0.3 is 10.2 Å². The fourth-order valence-electron chi connectivity index (χ4n) is 4.35. The summed E-state index contributed by atoms with van der Waals surface area (Å²) < 4.78 is 0. The van der Waals surface area contributed by atoms with Crippen LogP contribution in [0, 0.1) is 5.92 Å². The van der Waals surface area contributed by atoms with E-state index in [0.717, 1.165) is 44.6 Å². The lowest BCUT2D eigenvalue weighted by molar-refractivity contribution is -0.127. The second-order valence-corrected chi connectivity index (χ2v) is 8.35. The van der Waals surface area contributed by atoms with Crippen molar-refractivity contribution in [1.29, 1.82) is 0 Å². The number of pyridine rings is 1. The maximum absolute atomic E-state index is 12.8. The largest absolute Gasteiger partial charge is 0.353 e. The van der Waals surface area contributed by atoms with Crippen LogP contribution in [0.3, 0.4) is 0 Å². The molecule has 6 heteroatoms. The third-order valence-electron chi connectivity index (χ3n) is 6.22. The normalized spacial score (nSPS) is 20.5. The summed E-state index contributed by atoms with van der Waals surface area (Å²) in [7, 11) is 0. The number of hydrogen-bond acceptors (Lipinski definition) is 4. The van der Waals surface area contributed by atoms with Crippen LogP contribution < -0.4 is 10.2 Å². The molecule has 0 radical (unpaired) electrons. The number of amides is 2. The second kappa shape index (κ2) is 9.39. The van der Waals surface area contributed by atoms with Crippen LogP contribution in [-0.2, 0) is 22.6 Å². The van der Waals surface area contributed by atoms with Gasteiger partial charge in [-0.05, 0) is 48.6 Å². The number of hydrogen-bond donors (Lipinski definition) is 1. The molecule has 2 amide bonds. The average Bonchev–Trinajstić information content (AvgIpc) is 3.18. The third-order valence-corrected chi connectivity index (χ3v) is 6.22. The van der Waals surface area contributed by atoms with Gasteiger partial charge in [-0.1, -0.05) is 25.1 Å². The van der Waals surface area contributed by atoms with E-state index in [-0.39, 0.29) is 23.8 Å². The quantitative estimate of drug-likeness (QED) is 0.801. The predicted octanol–water partition coefficient (Wildman–Crippen LogP) is 2.78. The van der Waals surface area contributed by atoms with Crippen LogP contribution in [0.5, 0.6) is 0 Å². The molecule has 1 aromatic heterocycles. The lowest BCUT2D eigenvalue weighted by Gasteiger charge is -2.32. The van der Waals surface area contributed by atoms with Crippen LogP contribution in [0.15, 0.2) is 48.8 Å². The van der Waals surface area contributed by atoms with Crippen molar-refractivity contribution >= 4 is 17.5 Å². The van der Waals surface area contributed by atoms with E-state index in [1.54, 1.807) is 11.1 Å². The van der Waals surface area contributed by atoms with Crippen LogP contribution in [0.25, 0.3) is 0 Å². The number of carbonyl (C=O) groups is 2. The standard InChI is InChI=1S/C24H30N4O2/c1-2-18-5-7-22(8-6-18)28-17-20(14-23(28)29)24(30)26-21-9-12-27(13-10-21)16-19-4-3-11-25-15-19/h3-8,11,15,20-21H,2,9-10,12-14,16-17H2,1H3,(H,26,30)/t20-/m1/s1. The summed E-state index contributed by atoms with van der Waals surface area (Å²) in [6.45, 7) is 5.39. The molecule has 0 aliphatic carbocycles. The molecule has 1 atom stereocenters. The number of carbonyl (C=O) groups excluding carboxylic acids is 2. The van der Waals surface area contributed by atoms with Gasteiger partial charge in [0.1, 0.15) is 0 Å². The Kier molecular flexibility index (Phi) is 6.43. The highest BCUT2D eigenvalue weighted by Gasteiger charge is 2.36. The molecule has 0 bridgehead atoms. The minimum Gasteiger partial charge on any atom is -0.353 e. The summed E-state index contributed by atoms with van der Waals surface area (Å²) in [4.78, 5) is 33.6. The number of nitrogens with zero attached hydrogens (tertiary/aromatic N) is 3. The molecule has 2 saturated heterocycles. The summed E-state index contributed by atoms with van der Waals surface area (Å²) in [6, 6.07) is 12.3. The van der Waals surface area contributed by atoms with Gasteiger partial charge in [0, 0.05) is 56.7 Å². The summed E-state index contributed by atoms with van der Waals surface area (Å²) >= 11 is 0. The molecule has 0 unspecified atom stereocenters.